The first kappa shape index (κ1) is 9.14. The molecule has 0 aliphatic carbocycles. The molecule has 0 amide bonds. The Morgan fingerprint density at radius 3 is 1.78 bits per heavy atom. The average Bonchev–Trinajstić information content (AvgIpc) is 1.89. The maximum absolute atomic E-state index is 3.40. The van der Waals surface area contributed by atoms with Gasteiger partial charge in [-0.2, -0.15) is 0 Å². The molecule has 3 heteroatoms. The Kier molecular flexibility index (Phi) is 8.26. The van der Waals surface area contributed by atoms with Crippen LogP contribution in [0.15, 0.2) is 0 Å². The van der Waals surface area contributed by atoms with Crippen LogP contribution in [0.4, 0.5) is 0 Å². The van der Waals surface area contributed by atoms with Gasteiger partial charge in [-0.3, -0.25) is 0 Å². The highest BCUT2D eigenvalue weighted by atomic mass is 28.2. The molecule has 0 bridgehead atoms. The summed E-state index contributed by atoms with van der Waals surface area (Å²) < 4.78 is 0. The Labute approximate surface area is 60.4 Å². The minimum Gasteiger partial charge on any atom is -0.330 e. The molecule has 0 saturated carbocycles. The second kappa shape index (κ2) is 8.14. The fourth-order valence-corrected chi connectivity index (χ4v) is 1.86. The van der Waals surface area contributed by atoms with Crippen molar-refractivity contribution < 1.29 is 0 Å². The smallest absolute Gasteiger partial charge is 0.167 e. The van der Waals surface area contributed by atoms with Gasteiger partial charge in [-0.15, -0.1) is 0 Å². The monoisotopic (exact) mass is 146 g/mol. The minimum atomic E-state index is -0.111. The Bertz CT molecular complexity index is 44.3. The van der Waals surface area contributed by atoms with Crippen molar-refractivity contribution in [3.63, 3.8) is 0 Å². The molecule has 0 heterocycles. The zero-order valence-electron chi connectivity index (χ0n) is 6.54. The molecule has 56 valence electrons. The first-order valence-corrected chi connectivity index (χ1v) is 5.24. The van der Waals surface area contributed by atoms with E-state index in [1.807, 2.05) is 0 Å². The predicted molar refractivity (Wildman–Crippen MR) is 45.1 cm³/mol. The highest BCUT2D eigenvalue weighted by molar-refractivity contribution is 6.28. The van der Waals surface area contributed by atoms with Crippen LogP contribution in [0, 0.1) is 0 Å². The summed E-state index contributed by atoms with van der Waals surface area (Å²) in [5.74, 6) is 0. The number of rotatable bonds is 6. The molecule has 0 fully saturated rings. The van der Waals surface area contributed by atoms with Crippen molar-refractivity contribution in [3.05, 3.63) is 0 Å². The Hall–Kier alpha value is 0.137. The van der Waals surface area contributed by atoms with Gasteiger partial charge in [0.1, 0.15) is 0 Å². The molecule has 0 atom stereocenters. The Balaban J connectivity index is 2.60. The molecule has 0 aliphatic rings. The summed E-state index contributed by atoms with van der Waals surface area (Å²) in [5.41, 5.74) is 0. The highest BCUT2D eigenvalue weighted by Gasteiger charge is 1.82. The van der Waals surface area contributed by atoms with Crippen LogP contribution in [0.2, 0.25) is 0 Å². The van der Waals surface area contributed by atoms with Crippen molar-refractivity contribution in [2.24, 2.45) is 0 Å². The fourth-order valence-electron chi connectivity index (χ4n) is 0.619. The zero-order valence-corrected chi connectivity index (χ0v) is 7.95. The Morgan fingerprint density at radius 2 is 1.44 bits per heavy atom. The van der Waals surface area contributed by atoms with E-state index in [1.54, 1.807) is 0 Å². The topological polar surface area (TPSA) is 24.1 Å². The van der Waals surface area contributed by atoms with Crippen LogP contribution in [-0.4, -0.2) is 22.9 Å². The highest BCUT2D eigenvalue weighted by Crippen LogP contribution is 1.67. The third-order valence-corrected chi connectivity index (χ3v) is 2.31. The van der Waals surface area contributed by atoms with Gasteiger partial charge < -0.3 is 9.96 Å². The number of nitrogens with one attached hydrogen (secondary N) is 2. The third-order valence-electron chi connectivity index (χ3n) is 1.10. The van der Waals surface area contributed by atoms with E-state index in [2.05, 4.69) is 23.8 Å². The van der Waals surface area contributed by atoms with Gasteiger partial charge in [0.05, 0.1) is 0 Å². The molecule has 0 spiro atoms. The van der Waals surface area contributed by atoms with E-state index in [0.29, 0.717) is 0 Å². The van der Waals surface area contributed by atoms with Crippen LogP contribution in [0.1, 0.15) is 26.7 Å². The van der Waals surface area contributed by atoms with Crippen LogP contribution in [-0.2, 0) is 0 Å². The van der Waals surface area contributed by atoms with E-state index < -0.39 is 0 Å². The SMILES string of the molecule is CCCN[SiH2]NCCC. The molecule has 0 saturated heterocycles. The van der Waals surface area contributed by atoms with Gasteiger partial charge >= 0.3 is 0 Å². The molecule has 9 heavy (non-hydrogen) atoms. The summed E-state index contributed by atoms with van der Waals surface area (Å²) in [6.45, 7) is 6.76. The minimum absolute atomic E-state index is 0.111. The van der Waals surface area contributed by atoms with Gasteiger partial charge in [-0.05, 0) is 25.9 Å². The lowest BCUT2D eigenvalue weighted by molar-refractivity contribution is 0.808. The molecule has 0 unspecified atom stereocenters. The standard InChI is InChI=1S/C6H18N2Si/c1-3-5-7-9-8-6-4-2/h7-8H,3-6,9H2,1-2H3. The van der Waals surface area contributed by atoms with Crippen molar-refractivity contribution in [1.82, 2.24) is 9.96 Å². The maximum atomic E-state index is 3.40. The molecule has 0 aromatic heterocycles. The number of hydrogen-bond acceptors (Lipinski definition) is 2. The summed E-state index contributed by atoms with van der Waals surface area (Å²) in [7, 11) is -0.111. The van der Waals surface area contributed by atoms with Crippen molar-refractivity contribution in [2.75, 3.05) is 13.1 Å². The van der Waals surface area contributed by atoms with Gasteiger partial charge in [0.15, 0.2) is 9.84 Å². The van der Waals surface area contributed by atoms with Crippen LogP contribution in [0.25, 0.3) is 0 Å². The number of hydrogen-bond donors (Lipinski definition) is 2. The van der Waals surface area contributed by atoms with E-state index in [0.717, 1.165) is 0 Å². The average molecular weight is 146 g/mol. The molecule has 0 aromatic rings. The van der Waals surface area contributed by atoms with Crippen LogP contribution < -0.4 is 9.96 Å². The van der Waals surface area contributed by atoms with Crippen LogP contribution in [0.3, 0.4) is 0 Å². The summed E-state index contributed by atoms with van der Waals surface area (Å²) in [6.07, 6.45) is 2.50. The maximum Gasteiger partial charge on any atom is 0.167 e. The lowest BCUT2D eigenvalue weighted by Gasteiger charge is -2.01. The second-order valence-corrected chi connectivity index (χ2v) is 3.53. The molecular formula is C6H18N2Si. The zero-order chi connectivity index (χ0) is 6.95. The lowest BCUT2D eigenvalue weighted by Crippen LogP contribution is -2.34. The summed E-state index contributed by atoms with van der Waals surface area (Å²) in [6, 6.07) is 0. The first-order chi connectivity index (χ1) is 4.41. The van der Waals surface area contributed by atoms with Gasteiger partial charge in [0.25, 0.3) is 0 Å². The molecule has 0 aromatic carbocycles. The van der Waals surface area contributed by atoms with Crippen molar-refractivity contribution in [3.8, 4) is 0 Å². The fraction of sp³-hybridized carbons (Fsp3) is 1.00. The molecule has 0 aliphatic heterocycles. The molecule has 2 N–H and O–H groups in total. The molecule has 0 rings (SSSR count). The van der Waals surface area contributed by atoms with Gasteiger partial charge in [-0.1, -0.05) is 13.8 Å². The second-order valence-electron chi connectivity index (χ2n) is 2.18. The van der Waals surface area contributed by atoms with E-state index in [4.69, 9.17) is 0 Å². The van der Waals surface area contributed by atoms with Gasteiger partial charge in [0.2, 0.25) is 0 Å². The van der Waals surface area contributed by atoms with E-state index in [1.165, 1.54) is 25.9 Å². The summed E-state index contributed by atoms with van der Waals surface area (Å²) in [4.78, 5) is 6.80. The van der Waals surface area contributed by atoms with Crippen LogP contribution in [0.5, 0.6) is 0 Å². The predicted octanol–water partition coefficient (Wildman–Crippen LogP) is -0.0156. The lowest BCUT2D eigenvalue weighted by atomic mass is 10.5. The van der Waals surface area contributed by atoms with Crippen molar-refractivity contribution >= 4 is 9.84 Å². The molecule has 2 nitrogen and oxygen atoms in total. The molecule has 0 radical (unpaired) electrons. The largest absolute Gasteiger partial charge is 0.330 e. The van der Waals surface area contributed by atoms with E-state index in [-0.39, 0.29) is 9.84 Å². The summed E-state index contributed by atoms with van der Waals surface area (Å²) in [5, 5.41) is 0. The summed E-state index contributed by atoms with van der Waals surface area (Å²) >= 11 is 0. The normalized spacial score (nSPS) is 10.0. The van der Waals surface area contributed by atoms with Gasteiger partial charge in [0, 0.05) is 0 Å². The van der Waals surface area contributed by atoms with E-state index >= 15 is 0 Å². The van der Waals surface area contributed by atoms with Crippen molar-refractivity contribution in [2.45, 2.75) is 26.7 Å². The third kappa shape index (κ3) is 8.14. The van der Waals surface area contributed by atoms with Crippen LogP contribution >= 0.6 is 0 Å². The van der Waals surface area contributed by atoms with E-state index in [9.17, 15) is 0 Å². The van der Waals surface area contributed by atoms with Gasteiger partial charge in [-0.25, -0.2) is 0 Å². The molecular weight excluding hydrogens is 128 g/mol. The Morgan fingerprint density at radius 1 is 1.00 bits per heavy atom. The van der Waals surface area contributed by atoms with Crippen molar-refractivity contribution in [1.29, 1.82) is 0 Å². The first-order valence-electron chi connectivity index (χ1n) is 3.83. The quantitative estimate of drug-likeness (QED) is 0.407.